The van der Waals surface area contributed by atoms with E-state index in [1.807, 2.05) is 6.92 Å². The van der Waals surface area contributed by atoms with Crippen molar-refractivity contribution < 1.29 is 13.2 Å². The van der Waals surface area contributed by atoms with Crippen molar-refractivity contribution in [1.82, 2.24) is 9.62 Å². The fraction of sp³-hybridized carbons (Fsp3) is 0.611. The molecular weight excluding hydrogens is 360 g/mol. The zero-order chi connectivity index (χ0) is 18.4. The first-order chi connectivity index (χ1) is 11.8. The second-order valence-electron chi connectivity index (χ2n) is 6.72. The molecule has 1 aliphatic heterocycles. The van der Waals surface area contributed by atoms with Gasteiger partial charge in [0.25, 0.3) is 0 Å². The number of carbonyl (C=O) groups excluding carboxylic acids is 1. The highest BCUT2D eigenvalue weighted by Gasteiger charge is 2.31. The topological polar surface area (TPSA) is 66.5 Å². The highest BCUT2D eigenvalue weighted by atomic mass is 35.5. The van der Waals surface area contributed by atoms with Crippen LogP contribution >= 0.6 is 11.6 Å². The Morgan fingerprint density at radius 3 is 2.56 bits per heavy atom. The molecular formula is C18H27ClN2O3S. The molecule has 1 N–H and O–H groups in total. The van der Waals surface area contributed by atoms with Crippen LogP contribution in [0.1, 0.15) is 45.1 Å². The zero-order valence-corrected chi connectivity index (χ0v) is 16.4. The standard InChI is InChI=1S/C18H27ClN2O3S/c1-3-6-14(2)20-18(22)15-9-11-21(12-10-15)25(23,24)13-16-7-4-5-8-17(16)19/h4-5,7-8,14-15H,3,6,9-13H2,1-2H3,(H,20,22)/t14-/m0/s1. The first kappa shape index (κ1) is 20.2. The second kappa shape index (κ2) is 9.01. The predicted molar refractivity (Wildman–Crippen MR) is 101 cm³/mol. The quantitative estimate of drug-likeness (QED) is 0.782. The summed E-state index contributed by atoms with van der Waals surface area (Å²) in [5.74, 6) is -0.160. The minimum Gasteiger partial charge on any atom is -0.353 e. The molecule has 5 nitrogen and oxygen atoms in total. The van der Waals surface area contributed by atoms with E-state index in [2.05, 4.69) is 12.2 Å². The molecule has 1 fully saturated rings. The number of nitrogens with zero attached hydrogens (tertiary/aromatic N) is 1. The third-order valence-electron chi connectivity index (χ3n) is 4.62. The van der Waals surface area contributed by atoms with Gasteiger partial charge in [0.1, 0.15) is 0 Å². The number of halogens is 1. The van der Waals surface area contributed by atoms with Crippen LogP contribution in [0.15, 0.2) is 24.3 Å². The van der Waals surface area contributed by atoms with Gasteiger partial charge < -0.3 is 5.32 Å². The average molecular weight is 387 g/mol. The lowest BCUT2D eigenvalue weighted by atomic mass is 9.96. The number of hydrogen-bond acceptors (Lipinski definition) is 3. The number of benzene rings is 1. The summed E-state index contributed by atoms with van der Waals surface area (Å²) in [6.45, 7) is 4.86. The molecule has 0 unspecified atom stereocenters. The van der Waals surface area contributed by atoms with Crippen LogP contribution in [0.4, 0.5) is 0 Å². The molecule has 1 heterocycles. The molecule has 0 saturated carbocycles. The van der Waals surface area contributed by atoms with Crippen LogP contribution in [0, 0.1) is 5.92 Å². The summed E-state index contributed by atoms with van der Waals surface area (Å²) in [7, 11) is -3.42. The van der Waals surface area contributed by atoms with Crippen molar-refractivity contribution >= 4 is 27.5 Å². The van der Waals surface area contributed by atoms with Gasteiger partial charge in [-0.15, -0.1) is 0 Å². The van der Waals surface area contributed by atoms with Gasteiger partial charge in [0.2, 0.25) is 15.9 Å². The zero-order valence-electron chi connectivity index (χ0n) is 14.9. The monoisotopic (exact) mass is 386 g/mol. The lowest BCUT2D eigenvalue weighted by Crippen LogP contribution is -2.45. The summed E-state index contributed by atoms with van der Waals surface area (Å²) in [4.78, 5) is 12.3. The summed E-state index contributed by atoms with van der Waals surface area (Å²) >= 11 is 6.07. The van der Waals surface area contributed by atoms with Gasteiger partial charge in [-0.2, -0.15) is 0 Å². The number of rotatable bonds is 7. The Hall–Kier alpha value is -1.11. The van der Waals surface area contributed by atoms with E-state index >= 15 is 0 Å². The minimum atomic E-state index is -3.42. The minimum absolute atomic E-state index is 0.0455. The average Bonchev–Trinajstić information content (AvgIpc) is 2.57. The summed E-state index contributed by atoms with van der Waals surface area (Å²) in [6, 6.07) is 7.15. The fourth-order valence-corrected chi connectivity index (χ4v) is 5.04. The van der Waals surface area contributed by atoms with E-state index in [9.17, 15) is 13.2 Å². The number of hydrogen-bond donors (Lipinski definition) is 1. The first-order valence-corrected chi connectivity index (χ1v) is 10.8. The van der Waals surface area contributed by atoms with Crippen LogP contribution in [0.25, 0.3) is 0 Å². The van der Waals surface area contributed by atoms with Crippen LogP contribution < -0.4 is 5.32 Å². The summed E-state index contributed by atoms with van der Waals surface area (Å²) < 4.78 is 26.7. The number of sulfonamides is 1. The van der Waals surface area contributed by atoms with Gasteiger partial charge in [-0.3, -0.25) is 4.79 Å². The highest BCUT2D eigenvalue weighted by molar-refractivity contribution is 7.88. The third-order valence-corrected chi connectivity index (χ3v) is 6.82. The molecule has 0 aliphatic carbocycles. The van der Waals surface area contributed by atoms with Crippen LogP contribution in [-0.4, -0.2) is 37.8 Å². The van der Waals surface area contributed by atoms with Gasteiger partial charge in [-0.05, 0) is 37.8 Å². The molecule has 1 aliphatic rings. The highest BCUT2D eigenvalue weighted by Crippen LogP contribution is 2.24. The van der Waals surface area contributed by atoms with Gasteiger partial charge in [0.05, 0.1) is 5.75 Å². The Bertz CT molecular complexity index is 685. The number of amides is 1. The van der Waals surface area contributed by atoms with Crippen molar-refractivity contribution in [2.75, 3.05) is 13.1 Å². The largest absolute Gasteiger partial charge is 0.353 e. The second-order valence-corrected chi connectivity index (χ2v) is 9.10. The van der Waals surface area contributed by atoms with Crippen LogP contribution in [0.2, 0.25) is 5.02 Å². The SMILES string of the molecule is CCC[C@H](C)NC(=O)C1CCN(S(=O)(=O)Cc2ccccc2Cl)CC1. The Balaban J connectivity index is 1.90. The first-order valence-electron chi connectivity index (χ1n) is 8.85. The van der Waals surface area contributed by atoms with E-state index in [4.69, 9.17) is 11.6 Å². The summed E-state index contributed by atoms with van der Waals surface area (Å²) in [6.07, 6.45) is 3.11. The van der Waals surface area contributed by atoms with Crippen LogP contribution in [-0.2, 0) is 20.6 Å². The molecule has 1 aromatic rings. The third kappa shape index (κ3) is 5.69. The van der Waals surface area contributed by atoms with Crippen molar-refractivity contribution in [2.24, 2.45) is 5.92 Å². The van der Waals surface area contributed by atoms with Crippen molar-refractivity contribution in [3.63, 3.8) is 0 Å². The number of piperidine rings is 1. The smallest absolute Gasteiger partial charge is 0.223 e. The summed E-state index contributed by atoms with van der Waals surface area (Å²) in [5.41, 5.74) is 0.609. The molecule has 140 valence electrons. The van der Waals surface area contributed by atoms with Gasteiger partial charge in [0, 0.05) is 30.1 Å². The maximum Gasteiger partial charge on any atom is 0.223 e. The van der Waals surface area contributed by atoms with Gasteiger partial charge in [-0.1, -0.05) is 43.1 Å². The molecule has 1 atom stereocenters. The Kier molecular flexibility index (Phi) is 7.28. The summed E-state index contributed by atoms with van der Waals surface area (Å²) in [5, 5.41) is 3.49. The molecule has 2 rings (SSSR count). The molecule has 0 spiro atoms. The molecule has 1 saturated heterocycles. The molecule has 25 heavy (non-hydrogen) atoms. The Labute approximate surface area is 155 Å². The normalized spacial score (nSPS) is 18.0. The predicted octanol–water partition coefficient (Wildman–Crippen LogP) is 3.19. The Morgan fingerprint density at radius 2 is 1.96 bits per heavy atom. The van der Waals surface area contributed by atoms with Gasteiger partial charge in [0.15, 0.2) is 0 Å². The molecule has 7 heteroatoms. The van der Waals surface area contributed by atoms with Crippen molar-refractivity contribution in [2.45, 2.75) is 51.3 Å². The molecule has 0 radical (unpaired) electrons. The van der Waals surface area contributed by atoms with E-state index in [0.717, 1.165) is 12.8 Å². The van der Waals surface area contributed by atoms with E-state index in [0.29, 0.717) is 36.5 Å². The van der Waals surface area contributed by atoms with Crippen molar-refractivity contribution in [3.05, 3.63) is 34.9 Å². The van der Waals surface area contributed by atoms with E-state index < -0.39 is 10.0 Å². The molecule has 1 amide bonds. The maximum atomic E-state index is 12.6. The van der Waals surface area contributed by atoms with E-state index in [-0.39, 0.29) is 23.6 Å². The van der Waals surface area contributed by atoms with Gasteiger partial charge in [-0.25, -0.2) is 12.7 Å². The number of nitrogens with one attached hydrogen (secondary N) is 1. The number of carbonyl (C=O) groups is 1. The van der Waals surface area contributed by atoms with E-state index in [1.165, 1.54) is 4.31 Å². The molecule has 1 aromatic carbocycles. The lowest BCUT2D eigenvalue weighted by molar-refractivity contribution is -0.126. The maximum absolute atomic E-state index is 12.6. The lowest BCUT2D eigenvalue weighted by Gasteiger charge is -2.31. The Morgan fingerprint density at radius 1 is 1.32 bits per heavy atom. The van der Waals surface area contributed by atoms with Crippen LogP contribution in [0.3, 0.4) is 0 Å². The van der Waals surface area contributed by atoms with Gasteiger partial charge >= 0.3 is 0 Å². The molecule has 0 aromatic heterocycles. The van der Waals surface area contributed by atoms with Crippen molar-refractivity contribution in [1.29, 1.82) is 0 Å². The fourth-order valence-electron chi connectivity index (χ4n) is 3.17. The van der Waals surface area contributed by atoms with E-state index in [1.54, 1.807) is 24.3 Å². The molecule has 0 bridgehead atoms. The van der Waals surface area contributed by atoms with Crippen LogP contribution in [0.5, 0.6) is 0 Å². The van der Waals surface area contributed by atoms with Crippen molar-refractivity contribution in [3.8, 4) is 0 Å².